The van der Waals surface area contributed by atoms with Crippen molar-refractivity contribution in [1.82, 2.24) is 5.32 Å². The van der Waals surface area contributed by atoms with E-state index in [0.717, 1.165) is 23.4 Å². The van der Waals surface area contributed by atoms with Crippen LogP contribution in [0.2, 0.25) is 10.0 Å². The van der Waals surface area contributed by atoms with Crippen molar-refractivity contribution in [3.63, 3.8) is 0 Å². The Morgan fingerprint density at radius 2 is 1.94 bits per heavy atom. The first-order chi connectivity index (χ1) is 8.63. The number of nitrogens with one attached hydrogen (secondary N) is 1. The van der Waals surface area contributed by atoms with Gasteiger partial charge >= 0.3 is 0 Å². The topological polar surface area (TPSA) is 21.3 Å². The van der Waals surface area contributed by atoms with Gasteiger partial charge in [-0.1, -0.05) is 36.0 Å². The second kappa shape index (κ2) is 5.79. The first kappa shape index (κ1) is 14.1. The van der Waals surface area contributed by atoms with Crippen molar-refractivity contribution >= 4 is 23.2 Å². The lowest BCUT2D eigenvalue weighted by atomic mass is 9.86. The van der Waals surface area contributed by atoms with Crippen molar-refractivity contribution in [3.8, 4) is 0 Å². The van der Waals surface area contributed by atoms with E-state index in [1.165, 1.54) is 12.8 Å². The van der Waals surface area contributed by atoms with Crippen LogP contribution in [0.15, 0.2) is 18.2 Å². The van der Waals surface area contributed by atoms with E-state index in [1.54, 1.807) is 7.11 Å². The summed E-state index contributed by atoms with van der Waals surface area (Å²) in [5, 5.41) is 4.80. The predicted molar refractivity (Wildman–Crippen MR) is 76.5 cm³/mol. The maximum absolute atomic E-state index is 6.31. The fraction of sp³-hybridized carbons (Fsp3) is 0.571. The Balaban J connectivity index is 2.40. The number of methoxy groups -OCH3 is 1. The van der Waals surface area contributed by atoms with Crippen LogP contribution < -0.4 is 5.32 Å². The average molecular weight is 288 g/mol. The van der Waals surface area contributed by atoms with Crippen molar-refractivity contribution in [2.75, 3.05) is 14.2 Å². The quantitative estimate of drug-likeness (QED) is 0.896. The van der Waals surface area contributed by atoms with Crippen molar-refractivity contribution in [2.24, 2.45) is 0 Å². The third-order valence-electron chi connectivity index (χ3n) is 3.94. The lowest BCUT2D eigenvalue weighted by Crippen LogP contribution is -2.42. The maximum atomic E-state index is 6.31. The van der Waals surface area contributed by atoms with Gasteiger partial charge in [-0.05, 0) is 43.7 Å². The van der Waals surface area contributed by atoms with Gasteiger partial charge < -0.3 is 10.1 Å². The first-order valence-corrected chi connectivity index (χ1v) is 7.06. The summed E-state index contributed by atoms with van der Waals surface area (Å²) >= 11 is 12.4. The standard InChI is InChI=1S/C14H19Cl2NO/c1-17-13(14(18-2)7-3-4-8-14)11-9-10(15)5-6-12(11)16/h5-6,9,13,17H,3-4,7-8H2,1-2H3. The van der Waals surface area contributed by atoms with Crippen molar-refractivity contribution < 1.29 is 4.74 Å². The minimum atomic E-state index is -0.164. The van der Waals surface area contributed by atoms with Gasteiger partial charge in [0.15, 0.2) is 0 Å². The van der Waals surface area contributed by atoms with Crippen molar-refractivity contribution in [1.29, 1.82) is 0 Å². The Bertz CT molecular complexity index is 416. The number of likely N-dealkylation sites (N-methyl/N-ethyl adjacent to an activating group) is 1. The van der Waals surface area contributed by atoms with Crippen LogP contribution in [0.3, 0.4) is 0 Å². The number of benzene rings is 1. The fourth-order valence-electron chi connectivity index (χ4n) is 3.02. The lowest BCUT2D eigenvalue weighted by molar-refractivity contribution is -0.0348. The van der Waals surface area contributed by atoms with Gasteiger partial charge in [0.2, 0.25) is 0 Å². The zero-order valence-electron chi connectivity index (χ0n) is 10.8. The normalized spacial score (nSPS) is 20.0. The molecular formula is C14H19Cl2NO. The van der Waals surface area contributed by atoms with Gasteiger partial charge in [-0.2, -0.15) is 0 Å². The second-order valence-electron chi connectivity index (χ2n) is 4.86. The molecule has 0 spiro atoms. The summed E-state index contributed by atoms with van der Waals surface area (Å²) in [4.78, 5) is 0. The molecule has 1 saturated carbocycles. The van der Waals surface area contributed by atoms with E-state index in [4.69, 9.17) is 27.9 Å². The molecule has 0 saturated heterocycles. The molecule has 0 aromatic heterocycles. The Labute approximate surface area is 119 Å². The molecule has 1 aromatic rings. The van der Waals surface area contributed by atoms with Gasteiger partial charge in [0.25, 0.3) is 0 Å². The summed E-state index contributed by atoms with van der Waals surface area (Å²) in [7, 11) is 3.73. The molecule has 1 fully saturated rings. The third kappa shape index (κ3) is 2.53. The van der Waals surface area contributed by atoms with Gasteiger partial charge in [0, 0.05) is 17.2 Å². The highest BCUT2D eigenvalue weighted by Gasteiger charge is 2.42. The highest BCUT2D eigenvalue weighted by atomic mass is 35.5. The Morgan fingerprint density at radius 1 is 1.28 bits per heavy atom. The van der Waals surface area contributed by atoms with Gasteiger partial charge in [0.1, 0.15) is 0 Å². The van der Waals surface area contributed by atoms with Crippen molar-refractivity contribution in [3.05, 3.63) is 33.8 Å². The molecule has 0 aliphatic heterocycles. The van der Waals surface area contributed by atoms with E-state index >= 15 is 0 Å². The summed E-state index contributed by atoms with van der Waals surface area (Å²) in [6.45, 7) is 0. The Hall–Kier alpha value is -0.280. The molecule has 1 aliphatic rings. The largest absolute Gasteiger partial charge is 0.376 e. The molecule has 100 valence electrons. The fourth-order valence-corrected chi connectivity index (χ4v) is 3.43. The summed E-state index contributed by atoms with van der Waals surface area (Å²) in [5.41, 5.74) is 0.860. The van der Waals surface area contributed by atoms with Crippen molar-refractivity contribution in [2.45, 2.75) is 37.3 Å². The van der Waals surface area contributed by atoms with Crippen LogP contribution in [0.25, 0.3) is 0 Å². The molecule has 0 bridgehead atoms. The molecular weight excluding hydrogens is 269 g/mol. The van der Waals surface area contributed by atoms with Crippen LogP contribution in [0.5, 0.6) is 0 Å². The Kier molecular flexibility index (Phi) is 4.54. The molecule has 18 heavy (non-hydrogen) atoms. The molecule has 2 rings (SSSR count). The molecule has 4 heteroatoms. The average Bonchev–Trinajstić information content (AvgIpc) is 2.84. The third-order valence-corrected chi connectivity index (χ3v) is 4.52. The highest BCUT2D eigenvalue weighted by molar-refractivity contribution is 6.33. The molecule has 1 aliphatic carbocycles. The SMILES string of the molecule is CNC(c1cc(Cl)ccc1Cl)C1(OC)CCCC1. The van der Waals surface area contributed by atoms with E-state index in [-0.39, 0.29) is 11.6 Å². The van der Waals surface area contributed by atoms with Crippen LogP contribution >= 0.6 is 23.2 Å². The number of rotatable bonds is 4. The second-order valence-corrected chi connectivity index (χ2v) is 5.71. The Morgan fingerprint density at radius 3 is 2.50 bits per heavy atom. The number of halogens is 2. The van der Waals surface area contributed by atoms with Crippen LogP contribution in [-0.2, 0) is 4.74 Å². The monoisotopic (exact) mass is 287 g/mol. The zero-order chi connectivity index (χ0) is 13.2. The number of hydrogen-bond acceptors (Lipinski definition) is 2. The smallest absolute Gasteiger partial charge is 0.0872 e. The predicted octanol–water partition coefficient (Wildman–Crippen LogP) is 4.21. The summed E-state index contributed by atoms with van der Waals surface area (Å²) < 4.78 is 5.84. The molecule has 2 nitrogen and oxygen atoms in total. The first-order valence-electron chi connectivity index (χ1n) is 6.30. The number of hydrogen-bond donors (Lipinski definition) is 1. The molecule has 1 N–H and O–H groups in total. The van der Waals surface area contributed by atoms with Gasteiger partial charge in [-0.15, -0.1) is 0 Å². The van der Waals surface area contributed by atoms with E-state index in [1.807, 2.05) is 25.2 Å². The molecule has 1 aromatic carbocycles. The summed E-state index contributed by atoms with van der Waals surface area (Å²) in [6, 6.07) is 5.68. The number of ether oxygens (including phenoxy) is 1. The van der Waals surface area contributed by atoms with E-state index in [2.05, 4.69) is 5.32 Å². The maximum Gasteiger partial charge on any atom is 0.0872 e. The molecule has 1 atom stereocenters. The molecule has 1 unspecified atom stereocenters. The zero-order valence-corrected chi connectivity index (χ0v) is 12.3. The minimum Gasteiger partial charge on any atom is -0.376 e. The van der Waals surface area contributed by atoms with Gasteiger partial charge in [-0.3, -0.25) is 0 Å². The minimum absolute atomic E-state index is 0.0798. The van der Waals surface area contributed by atoms with E-state index < -0.39 is 0 Å². The van der Waals surface area contributed by atoms with Gasteiger partial charge in [0.05, 0.1) is 11.6 Å². The highest BCUT2D eigenvalue weighted by Crippen LogP contribution is 2.44. The van der Waals surface area contributed by atoms with E-state index in [9.17, 15) is 0 Å². The molecule has 0 radical (unpaired) electrons. The molecule has 0 heterocycles. The summed E-state index contributed by atoms with van der Waals surface area (Å²) in [6.07, 6.45) is 4.50. The molecule has 0 amide bonds. The van der Waals surface area contributed by atoms with Gasteiger partial charge in [-0.25, -0.2) is 0 Å². The summed E-state index contributed by atoms with van der Waals surface area (Å²) in [5.74, 6) is 0. The van der Waals surface area contributed by atoms with E-state index in [0.29, 0.717) is 5.02 Å². The van der Waals surface area contributed by atoms with Crippen LogP contribution in [0.1, 0.15) is 37.3 Å². The van der Waals surface area contributed by atoms with Crippen LogP contribution in [0, 0.1) is 0 Å². The lowest BCUT2D eigenvalue weighted by Gasteiger charge is -2.37. The van der Waals surface area contributed by atoms with Crippen LogP contribution in [-0.4, -0.2) is 19.8 Å². The van der Waals surface area contributed by atoms with Crippen LogP contribution in [0.4, 0.5) is 0 Å².